The predicted octanol–water partition coefficient (Wildman–Crippen LogP) is 3.66. The molecule has 0 aromatic heterocycles. The van der Waals surface area contributed by atoms with Crippen molar-refractivity contribution in [1.29, 1.82) is 0 Å². The molecule has 0 radical (unpaired) electrons. The van der Waals surface area contributed by atoms with Gasteiger partial charge >= 0.3 is 0 Å². The molecule has 0 bridgehead atoms. The number of amides is 2. The van der Waals surface area contributed by atoms with Crippen molar-refractivity contribution in [1.82, 2.24) is 10.2 Å². The fraction of sp³-hybridized carbons (Fsp3) is 0.200. The fourth-order valence-corrected chi connectivity index (χ4v) is 2.35. The molecule has 26 heavy (non-hydrogen) atoms. The first-order chi connectivity index (χ1) is 12.5. The van der Waals surface area contributed by atoms with E-state index < -0.39 is 0 Å². The lowest BCUT2D eigenvalue weighted by Crippen LogP contribution is -2.39. The maximum absolute atomic E-state index is 12.9. The Kier molecular flexibility index (Phi) is 7.36. The Balaban J connectivity index is 1.86. The largest absolute Gasteiger partial charge is 0.350 e. The third kappa shape index (κ3) is 6.33. The summed E-state index contributed by atoms with van der Waals surface area (Å²) < 4.78 is 12.9. The van der Waals surface area contributed by atoms with Gasteiger partial charge in [0.2, 0.25) is 11.8 Å². The third-order valence-corrected chi connectivity index (χ3v) is 3.97. The van der Waals surface area contributed by atoms with Gasteiger partial charge < -0.3 is 10.2 Å². The molecule has 2 amide bonds. The van der Waals surface area contributed by atoms with Gasteiger partial charge in [-0.25, -0.2) is 4.39 Å². The van der Waals surface area contributed by atoms with Crippen molar-refractivity contribution in [2.24, 2.45) is 0 Å². The second-order valence-corrected chi connectivity index (χ2v) is 6.08. The molecule has 0 spiro atoms. The normalized spacial score (nSPS) is 10.7. The van der Waals surface area contributed by atoms with Crippen molar-refractivity contribution in [3.05, 3.63) is 76.6 Å². The van der Waals surface area contributed by atoms with E-state index in [1.54, 1.807) is 49.4 Å². The zero-order valence-corrected chi connectivity index (χ0v) is 15.2. The number of nitrogens with zero attached hydrogens (tertiary/aromatic N) is 1. The van der Waals surface area contributed by atoms with Crippen LogP contribution in [0.3, 0.4) is 0 Å². The van der Waals surface area contributed by atoms with Crippen LogP contribution in [0, 0.1) is 5.82 Å². The van der Waals surface area contributed by atoms with E-state index in [4.69, 9.17) is 11.6 Å². The van der Waals surface area contributed by atoms with Gasteiger partial charge in [0, 0.05) is 24.2 Å². The molecule has 0 unspecified atom stereocenters. The van der Waals surface area contributed by atoms with Gasteiger partial charge in [0.15, 0.2) is 0 Å². The van der Waals surface area contributed by atoms with Crippen LogP contribution in [0.4, 0.5) is 4.39 Å². The Morgan fingerprint density at radius 2 is 1.77 bits per heavy atom. The molecule has 2 rings (SSSR count). The molecule has 0 aliphatic heterocycles. The number of benzene rings is 2. The molecule has 0 aliphatic carbocycles. The first kappa shape index (κ1) is 19.7. The highest BCUT2D eigenvalue weighted by Crippen LogP contribution is 2.10. The minimum atomic E-state index is -0.324. The summed E-state index contributed by atoms with van der Waals surface area (Å²) in [6.45, 7) is 2.46. The number of likely N-dealkylation sites (N-methyl/N-ethyl adjacent to an activating group) is 1. The van der Waals surface area contributed by atoms with Crippen LogP contribution in [0.25, 0.3) is 6.08 Å². The average Bonchev–Trinajstić information content (AvgIpc) is 2.65. The van der Waals surface area contributed by atoms with E-state index in [2.05, 4.69) is 5.32 Å². The molecule has 1 N–H and O–H groups in total. The summed E-state index contributed by atoms with van der Waals surface area (Å²) in [5, 5.41) is 3.35. The van der Waals surface area contributed by atoms with Crippen LogP contribution in [0.5, 0.6) is 0 Å². The van der Waals surface area contributed by atoms with Crippen molar-refractivity contribution in [2.75, 3.05) is 13.1 Å². The van der Waals surface area contributed by atoms with Crippen LogP contribution in [0.2, 0.25) is 5.02 Å². The van der Waals surface area contributed by atoms with Crippen LogP contribution in [0.15, 0.2) is 54.6 Å². The smallest absolute Gasteiger partial charge is 0.247 e. The Bertz CT molecular complexity index is 773. The van der Waals surface area contributed by atoms with E-state index in [1.165, 1.54) is 23.1 Å². The third-order valence-electron chi connectivity index (χ3n) is 3.72. The zero-order chi connectivity index (χ0) is 18.9. The minimum Gasteiger partial charge on any atom is -0.350 e. The topological polar surface area (TPSA) is 49.4 Å². The summed E-state index contributed by atoms with van der Waals surface area (Å²) >= 11 is 5.82. The van der Waals surface area contributed by atoms with Gasteiger partial charge in [-0.2, -0.15) is 0 Å². The summed E-state index contributed by atoms with van der Waals surface area (Å²) in [5.41, 5.74) is 1.64. The lowest BCUT2D eigenvalue weighted by molar-refractivity contribution is -0.132. The van der Waals surface area contributed by atoms with Gasteiger partial charge in [0.1, 0.15) is 5.82 Å². The molecule has 2 aromatic carbocycles. The summed E-state index contributed by atoms with van der Waals surface area (Å²) in [5.74, 6) is -0.848. The van der Waals surface area contributed by atoms with Crippen LogP contribution >= 0.6 is 11.6 Å². The van der Waals surface area contributed by atoms with Gasteiger partial charge in [0.05, 0.1) is 6.54 Å². The lowest BCUT2D eigenvalue weighted by Gasteiger charge is -2.18. The molecule has 2 aromatic rings. The fourth-order valence-electron chi connectivity index (χ4n) is 2.22. The summed E-state index contributed by atoms with van der Waals surface area (Å²) in [7, 11) is 0. The molecule has 136 valence electrons. The van der Waals surface area contributed by atoms with E-state index in [0.717, 1.165) is 11.1 Å². The second-order valence-electron chi connectivity index (χ2n) is 5.64. The van der Waals surface area contributed by atoms with Gasteiger partial charge in [0.25, 0.3) is 0 Å². The summed E-state index contributed by atoms with van der Waals surface area (Å²) in [4.78, 5) is 25.7. The highest BCUT2D eigenvalue weighted by Gasteiger charge is 2.13. The van der Waals surface area contributed by atoms with Gasteiger partial charge in [-0.05, 0) is 48.4 Å². The summed E-state index contributed by atoms with van der Waals surface area (Å²) in [6.07, 6.45) is 3.11. The monoisotopic (exact) mass is 374 g/mol. The quantitative estimate of drug-likeness (QED) is 0.752. The standard InChI is InChI=1S/C20H20ClFN2O2/c1-2-24(20(26)12-7-15-3-8-17(21)9-4-15)14-19(25)23-13-16-5-10-18(22)11-6-16/h3-12H,2,13-14H2,1H3,(H,23,25). The minimum absolute atomic E-state index is 0.0402. The molecular weight excluding hydrogens is 355 g/mol. The highest BCUT2D eigenvalue weighted by atomic mass is 35.5. The van der Waals surface area contributed by atoms with Crippen LogP contribution < -0.4 is 5.32 Å². The second kappa shape index (κ2) is 9.73. The lowest BCUT2D eigenvalue weighted by atomic mass is 10.2. The zero-order valence-electron chi connectivity index (χ0n) is 14.4. The van der Waals surface area contributed by atoms with Crippen molar-refractivity contribution in [2.45, 2.75) is 13.5 Å². The maximum Gasteiger partial charge on any atom is 0.247 e. The first-order valence-corrected chi connectivity index (χ1v) is 8.59. The van der Waals surface area contributed by atoms with Crippen molar-refractivity contribution >= 4 is 29.5 Å². The van der Waals surface area contributed by atoms with Crippen LogP contribution in [-0.2, 0) is 16.1 Å². The number of hydrogen-bond donors (Lipinski definition) is 1. The van der Waals surface area contributed by atoms with Crippen molar-refractivity contribution < 1.29 is 14.0 Å². The van der Waals surface area contributed by atoms with Crippen molar-refractivity contribution in [3.8, 4) is 0 Å². The van der Waals surface area contributed by atoms with E-state index in [0.29, 0.717) is 11.6 Å². The summed E-state index contributed by atoms with van der Waals surface area (Å²) in [6, 6.07) is 13.0. The number of hydrogen-bond acceptors (Lipinski definition) is 2. The van der Waals surface area contributed by atoms with Crippen LogP contribution in [0.1, 0.15) is 18.1 Å². The molecule has 0 saturated heterocycles. The molecule has 0 saturated carbocycles. The van der Waals surface area contributed by atoms with Crippen LogP contribution in [-0.4, -0.2) is 29.8 Å². The SMILES string of the molecule is CCN(CC(=O)NCc1ccc(F)cc1)C(=O)C=Cc1ccc(Cl)cc1. The Labute approximate surface area is 157 Å². The molecule has 0 fully saturated rings. The van der Waals surface area contributed by atoms with Crippen molar-refractivity contribution in [3.63, 3.8) is 0 Å². The number of halogens is 2. The van der Waals surface area contributed by atoms with E-state index in [1.807, 2.05) is 0 Å². The first-order valence-electron chi connectivity index (χ1n) is 8.21. The molecule has 0 aliphatic rings. The van der Waals surface area contributed by atoms with Gasteiger partial charge in [-0.15, -0.1) is 0 Å². The van der Waals surface area contributed by atoms with E-state index in [9.17, 15) is 14.0 Å². The molecule has 0 atom stereocenters. The molecule has 6 heteroatoms. The Morgan fingerprint density at radius 3 is 2.38 bits per heavy atom. The number of nitrogens with one attached hydrogen (secondary N) is 1. The molecule has 0 heterocycles. The number of carbonyl (C=O) groups is 2. The predicted molar refractivity (Wildman–Crippen MR) is 101 cm³/mol. The van der Waals surface area contributed by atoms with E-state index in [-0.39, 0.29) is 30.7 Å². The number of rotatable bonds is 7. The Morgan fingerprint density at radius 1 is 1.12 bits per heavy atom. The maximum atomic E-state index is 12.9. The highest BCUT2D eigenvalue weighted by molar-refractivity contribution is 6.30. The van der Waals surface area contributed by atoms with Gasteiger partial charge in [-0.3, -0.25) is 9.59 Å². The molecule has 4 nitrogen and oxygen atoms in total. The average molecular weight is 375 g/mol. The Hall–Kier alpha value is -2.66. The van der Waals surface area contributed by atoms with Gasteiger partial charge in [-0.1, -0.05) is 35.9 Å². The molecular formula is C20H20ClFN2O2. The number of carbonyl (C=O) groups excluding carboxylic acids is 2. The van der Waals surface area contributed by atoms with E-state index >= 15 is 0 Å².